The molecule has 78 valence electrons. The zero-order chi connectivity index (χ0) is 9.42. The van der Waals surface area contributed by atoms with E-state index < -0.39 is 0 Å². The molecule has 0 amide bonds. The molecule has 1 unspecified atom stereocenters. The molecule has 0 radical (unpaired) electrons. The van der Waals surface area contributed by atoms with Crippen LogP contribution in [-0.2, 0) is 12.8 Å². The van der Waals surface area contributed by atoms with Crippen molar-refractivity contribution in [1.29, 1.82) is 0 Å². The van der Waals surface area contributed by atoms with Crippen molar-refractivity contribution in [3.63, 3.8) is 0 Å². The molecule has 1 aromatic carbocycles. The van der Waals surface area contributed by atoms with E-state index in [1.165, 1.54) is 12.1 Å². The van der Waals surface area contributed by atoms with E-state index >= 15 is 0 Å². The third-order valence-electron chi connectivity index (χ3n) is 2.61. The van der Waals surface area contributed by atoms with Gasteiger partial charge in [-0.1, -0.05) is 0 Å². The van der Waals surface area contributed by atoms with Crippen LogP contribution >= 0.6 is 17.0 Å². The predicted octanol–water partition coefficient (Wildman–Crippen LogP) is 1.49. The minimum atomic E-state index is 0. The van der Waals surface area contributed by atoms with Crippen molar-refractivity contribution < 1.29 is 10.2 Å². The standard InChI is InChI=1S/C10H13NO2.BrH/c11-6-1-2-7-8(5-6)10(13)4-3-9(7)12;/h3-4,6,12-13H,1-2,5,11H2;1H. The van der Waals surface area contributed by atoms with E-state index in [2.05, 4.69) is 0 Å². The summed E-state index contributed by atoms with van der Waals surface area (Å²) in [5, 5.41) is 19.0. The zero-order valence-corrected chi connectivity index (χ0v) is 9.45. The van der Waals surface area contributed by atoms with Crippen molar-refractivity contribution in [3.05, 3.63) is 23.3 Å². The molecule has 1 atom stereocenters. The van der Waals surface area contributed by atoms with E-state index in [1.807, 2.05) is 0 Å². The van der Waals surface area contributed by atoms with Crippen LogP contribution in [0.1, 0.15) is 17.5 Å². The molecule has 2 rings (SSSR count). The van der Waals surface area contributed by atoms with Gasteiger partial charge in [-0.25, -0.2) is 0 Å². The van der Waals surface area contributed by atoms with Crippen LogP contribution in [0.4, 0.5) is 0 Å². The Bertz CT molecular complexity index is 341. The average Bonchev–Trinajstić information content (AvgIpc) is 2.12. The van der Waals surface area contributed by atoms with Crippen LogP contribution in [0.3, 0.4) is 0 Å². The average molecular weight is 260 g/mol. The quantitative estimate of drug-likeness (QED) is 0.619. The van der Waals surface area contributed by atoms with Gasteiger partial charge in [0.25, 0.3) is 0 Å². The summed E-state index contributed by atoms with van der Waals surface area (Å²) in [7, 11) is 0. The highest BCUT2D eigenvalue weighted by Crippen LogP contribution is 2.34. The molecule has 0 aliphatic heterocycles. The third-order valence-corrected chi connectivity index (χ3v) is 2.61. The summed E-state index contributed by atoms with van der Waals surface area (Å²) < 4.78 is 0. The Morgan fingerprint density at radius 1 is 1.14 bits per heavy atom. The van der Waals surface area contributed by atoms with Gasteiger partial charge in [0.2, 0.25) is 0 Å². The lowest BCUT2D eigenvalue weighted by molar-refractivity contribution is 0.432. The normalized spacial score (nSPS) is 19.6. The van der Waals surface area contributed by atoms with Crippen LogP contribution in [0, 0.1) is 0 Å². The number of fused-ring (bicyclic) bond motifs is 1. The topological polar surface area (TPSA) is 66.5 Å². The maximum atomic E-state index is 9.53. The number of nitrogens with two attached hydrogens (primary N) is 1. The summed E-state index contributed by atoms with van der Waals surface area (Å²) in [5.41, 5.74) is 7.46. The van der Waals surface area contributed by atoms with E-state index in [1.54, 1.807) is 0 Å². The van der Waals surface area contributed by atoms with Crippen molar-refractivity contribution in [2.75, 3.05) is 0 Å². The Labute approximate surface area is 93.3 Å². The minimum absolute atomic E-state index is 0. The van der Waals surface area contributed by atoms with Crippen LogP contribution in [0.2, 0.25) is 0 Å². The molecule has 0 fully saturated rings. The molecule has 1 aromatic rings. The van der Waals surface area contributed by atoms with Crippen molar-refractivity contribution >= 4 is 17.0 Å². The lowest BCUT2D eigenvalue weighted by atomic mass is 9.87. The van der Waals surface area contributed by atoms with Gasteiger partial charge in [0.15, 0.2) is 0 Å². The number of aromatic hydroxyl groups is 2. The highest BCUT2D eigenvalue weighted by atomic mass is 79.9. The van der Waals surface area contributed by atoms with E-state index in [0.29, 0.717) is 6.42 Å². The monoisotopic (exact) mass is 259 g/mol. The zero-order valence-electron chi connectivity index (χ0n) is 7.73. The number of phenolic OH excluding ortho intramolecular Hbond substituents is 2. The number of hydrogen-bond acceptors (Lipinski definition) is 3. The van der Waals surface area contributed by atoms with E-state index in [9.17, 15) is 10.2 Å². The molecular weight excluding hydrogens is 246 g/mol. The molecule has 4 N–H and O–H groups in total. The van der Waals surface area contributed by atoms with Gasteiger partial charge < -0.3 is 15.9 Å². The molecule has 0 saturated heterocycles. The molecule has 3 nitrogen and oxygen atoms in total. The molecule has 0 saturated carbocycles. The SMILES string of the molecule is Br.NC1CCc2c(O)ccc(O)c2C1. The van der Waals surface area contributed by atoms with Gasteiger partial charge in [-0.2, -0.15) is 0 Å². The number of phenols is 2. The molecule has 4 heteroatoms. The fraction of sp³-hybridized carbons (Fsp3) is 0.400. The van der Waals surface area contributed by atoms with Gasteiger partial charge in [-0.05, 0) is 31.4 Å². The van der Waals surface area contributed by atoms with E-state index in [0.717, 1.165) is 24.0 Å². The Morgan fingerprint density at radius 3 is 2.36 bits per heavy atom. The van der Waals surface area contributed by atoms with E-state index in [-0.39, 0.29) is 34.5 Å². The molecule has 14 heavy (non-hydrogen) atoms. The van der Waals surface area contributed by atoms with Crippen molar-refractivity contribution in [3.8, 4) is 11.5 Å². The molecule has 1 aliphatic carbocycles. The van der Waals surface area contributed by atoms with Crippen LogP contribution in [0.5, 0.6) is 11.5 Å². The highest BCUT2D eigenvalue weighted by Gasteiger charge is 2.20. The summed E-state index contributed by atoms with van der Waals surface area (Å²) in [6.45, 7) is 0. The first-order chi connectivity index (χ1) is 6.18. The van der Waals surface area contributed by atoms with E-state index in [4.69, 9.17) is 5.73 Å². The summed E-state index contributed by atoms with van der Waals surface area (Å²) in [5.74, 6) is 0.530. The number of rotatable bonds is 0. The number of halogens is 1. The Morgan fingerprint density at radius 2 is 1.71 bits per heavy atom. The van der Waals surface area contributed by atoms with Gasteiger partial charge in [0.05, 0.1) is 0 Å². The van der Waals surface area contributed by atoms with Gasteiger partial charge in [-0.3, -0.25) is 0 Å². The van der Waals surface area contributed by atoms with Crippen LogP contribution < -0.4 is 5.73 Å². The van der Waals surface area contributed by atoms with Crippen molar-refractivity contribution in [2.45, 2.75) is 25.3 Å². The number of hydrogen-bond donors (Lipinski definition) is 3. The largest absolute Gasteiger partial charge is 0.508 e. The van der Waals surface area contributed by atoms with Crippen molar-refractivity contribution in [1.82, 2.24) is 0 Å². The molecule has 1 aliphatic rings. The number of benzene rings is 1. The van der Waals surface area contributed by atoms with Crippen LogP contribution in [0.25, 0.3) is 0 Å². The molecular formula is C10H14BrNO2. The lowest BCUT2D eigenvalue weighted by Gasteiger charge is -2.22. The van der Waals surface area contributed by atoms with Gasteiger partial charge >= 0.3 is 0 Å². The maximum Gasteiger partial charge on any atom is 0.119 e. The first-order valence-electron chi connectivity index (χ1n) is 4.46. The van der Waals surface area contributed by atoms with Crippen molar-refractivity contribution in [2.24, 2.45) is 5.73 Å². The first-order valence-corrected chi connectivity index (χ1v) is 4.46. The molecule has 0 spiro atoms. The molecule has 0 bridgehead atoms. The van der Waals surface area contributed by atoms with Crippen LogP contribution in [0.15, 0.2) is 12.1 Å². The lowest BCUT2D eigenvalue weighted by Crippen LogP contribution is -2.27. The summed E-state index contributed by atoms with van der Waals surface area (Å²) >= 11 is 0. The van der Waals surface area contributed by atoms with Gasteiger partial charge in [-0.15, -0.1) is 17.0 Å². The maximum absolute atomic E-state index is 9.53. The van der Waals surface area contributed by atoms with Gasteiger partial charge in [0, 0.05) is 17.2 Å². The Hall–Kier alpha value is -0.740. The Balaban J connectivity index is 0.000000980. The predicted molar refractivity (Wildman–Crippen MR) is 60.1 cm³/mol. The second kappa shape index (κ2) is 4.19. The first kappa shape index (κ1) is 11.3. The fourth-order valence-electron chi connectivity index (χ4n) is 1.87. The molecule has 0 heterocycles. The summed E-state index contributed by atoms with van der Waals surface area (Å²) in [6, 6.07) is 3.16. The Kier molecular flexibility index (Phi) is 3.39. The van der Waals surface area contributed by atoms with Gasteiger partial charge in [0.1, 0.15) is 11.5 Å². The van der Waals surface area contributed by atoms with Crippen LogP contribution in [-0.4, -0.2) is 16.3 Å². The summed E-state index contributed by atoms with van der Waals surface area (Å²) in [4.78, 5) is 0. The third kappa shape index (κ3) is 1.86. The molecule has 0 aromatic heterocycles. The smallest absolute Gasteiger partial charge is 0.119 e. The summed E-state index contributed by atoms with van der Waals surface area (Å²) in [6.07, 6.45) is 2.30. The second-order valence-corrected chi connectivity index (χ2v) is 3.56. The fourth-order valence-corrected chi connectivity index (χ4v) is 1.87. The highest BCUT2D eigenvalue weighted by molar-refractivity contribution is 8.93. The minimum Gasteiger partial charge on any atom is -0.508 e. The second-order valence-electron chi connectivity index (χ2n) is 3.56.